The van der Waals surface area contributed by atoms with Crippen LogP contribution in [0, 0.1) is 5.92 Å². The number of ether oxygens (including phenoxy) is 1. The predicted molar refractivity (Wildman–Crippen MR) is 64.9 cm³/mol. The quantitative estimate of drug-likeness (QED) is 0.643. The summed E-state index contributed by atoms with van der Waals surface area (Å²) in [7, 11) is 0. The lowest BCUT2D eigenvalue weighted by Gasteiger charge is -2.17. The van der Waals surface area contributed by atoms with Crippen LogP contribution in [0.5, 0.6) is 5.75 Å². The highest BCUT2D eigenvalue weighted by Crippen LogP contribution is 2.20. The van der Waals surface area contributed by atoms with E-state index in [1.807, 2.05) is 0 Å². The van der Waals surface area contributed by atoms with Gasteiger partial charge in [-0.2, -0.15) is 0 Å². The molecule has 0 bridgehead atoms. The number of para-hydroxylation sites is 1. The first-order valence-electron chi connectivity index (χ1n) is 5.87. The molecule has 0 aliphatic heterocycles. The van der Waals surface area contributed by atoms with E-state index in [1.165, 1.54) is 6.07 Å². The average molecular weight is 232 g/mol. The summed E-state index contributed by atoms with van der Waals surface area (Å²) in [5.41, 5.74) is 0.235. The van der Waals surface area contributed by atoms with Crippen LogP contribution in [0.1, 0.15) is 29.6 Å². The number of esters is 1. The maximum absolute atomic E-state index is 11.7. The van der Waals surface area contributed by atoms with Crippen molar-refractivity contribution in [2.24, 2.45) is 5.92 Å². The summed E-state index contributed by atoms with van der Waals surface area (Å²) < 4.78 is 5.22. The number of allylic oxidation sites excluding steroid dienone is 2. The van der Waals surface area contributed by atoms with Gasteiger partial charge in [-0.15, -0.1) is 0 Å². The van der Waals surface area contributed by atoms with Crippen LogP contribution >= 0.6 is 0 Å². The van der Waals surface area contributed by atoms with E-state index in [9.17, 15) is 9.90 Å². The molecule has 0 radical (unpaired) electrons. The molecule has 2 rings (SSSR count). The lowest BCUT2D eigenvalue weighted by Crippen LogP contribution is -2.15. The Morgan fingerprint density at radius 1 is 1.35 bits per heavy atom. The van der Waals surface area contributed by atoms with E-state index in [0.29, 0.717) is 12.5 Å². The molecule has 1 unspecified atom stereocenters. The van der Waals surface area contributed by atoms with Crippen molar-refractivity contribution >= 4 is 5.97 Å². The second-order valence-corrected chi connectivity index (χ2v) is 4.27. The Bertz CT molecular complexity index is 423. The fourth-order valence-electron chi connectivity index (χ4n) is 1.93. The lowest BCUT2D eigenvalue weighted by molar-refractivity contribution is 0.0429. The minimum absolute atomic E-state index is 0.0268. The first-order valence-corrected chi connectivity index (χ1v) is 5.87. The van der Waals surface area contributed by atoms with Crippen LogP contribution in [0.15, 0.2) is 36.4 Å². The molecule has 0 saturated carbocycles. The van der Waals surface area contributed by atoms with Gasteiger partial charge in [-0.1, -0.05) is 24.3 Å². The smallest absolute Gasteiger partial charge is 0.341 e. The van der Waals surface area contributed by atoms with Gasteiger partial charge in [0.15, 0.2) is 0 Å². The van der Waals surface area contributed by atoms with Crippen LogP contribution < -0.4 is 0 Å². The van der Waals surface area contributed by atoms with Crippen molar-refractivity contribution in [3.05, 3.63) is 42.0 Å². The minimum Gasteiger partial charge on any atom is -0.507 e. The molecular formula is C14H16O3. The van der Waals surface area contributed by atoms with E-state index >= 15 is 0 Å². The number of aromatic hydroxyl groups is 1. The highest BCUT2D eigenvalue weighted by atomic mass is 16.5. The molecule has 3 heteroatoms. The fraction of sp³-hybridized carbons (Fsp3) is 0.357. The van der Waals surface area contributed by atoms with Gasteiger partial charge in [0.25, 0.3) is 0 Å². The zero-order chi connectivity index (χ0) is 12.1. The third kappa shape index (κ3) is 3.09. The van der Waals surface area contributed by atoms with Gasteiger partial charge in [0.05, 0.1) is 6.61 Å². The molecule has 0 spiro atoms. The Balaban J connectivity index is 1.89. The number of hydrogen-bond acceptors (Lipinski definition) is 3. The molecule has 0 saturated heterocycles. The van der Waals surface area contributed by atoms with Gasteiger partial charge in [0, 0.05) is 0 Å². The van der Waals surface area contributed by atoms with Crippen molar-refractivity contribution in [2.75, 3.05) is 6.61 Å². The molecular weight excluding hydrogens is 216 g/mol. The highest BCUT2D eigenvalue weighted by Gasteiger charge is 2.15. The summed E-state index contributed by atoms with van der Waals surface area (Å²) in [4.78, 5) is 11.7. The number of phenols is 1. The molecule has 1 aromatic rings. The largest absolute Gasteiger partial charge is 0.507 e. The molecule has 1 aliphatic rings. The third-order valence-electron chi connectivity index (χ3n) is 2.95. The molecule has 0 heterocycles. The van der Waals surface area contributed by atoms with Crippen molar-refractivity contribution in [2.45, 2.75) is 19.3 Å². The van der Waals surface area contributed by atoms with Gasteiger partial charge in [0.2, 0.25) is 0 Å². The fourth-order valence-corrected chi connectivity index (χ4v) is 1.93. The van der Waals surface area contributed by atoms with E-state index in [4.69, 9.17) is 4.74 Å². The normalized spacial score (nSPS) is 18.9. The minimum atomic E-state index is -0.447. The summed E-state index contributed by atoms with van der Waals surface area (Å²) in [5.74, 6) is -0.0616. The van der Waals surface area contributed by atoms with Gasteiger partial charge in [-0.25, -0.2) is 4.79 Å². The number of phenolic OH excluding ortho intramolecular Hbond substituents is 1. The van der Waals surface area contributed by atoms with Crippen LogP contribution in [-0.4, -0.2) is 17.7 Å². The van der Waals surface area contributed by atoms with Gasteiger partial charge < -0.3 is 9.84 Å². The van der Waals surface area contributed by atoms with Gasteiger partial charge >= 0.3 is 5.97 Å². The topological polar surface area (TPSA) is 46.5 Å². The van der Waals surface area contributed by atoms with Crippen molar-refractivity contribution in [3.63, 3.8) is 0 Å². The van der Waals surface area contributed by atoms with E-state index in [-0.39, 0.29) is 11.3 Å². The standard InChI is InChI=1S/C14H16O3/c15-13-9-5-4-8-12(13)14(16)17-10-11-6-2-1-3-7-11/h1-2,4-5,8-9,11,15H,3,6-7,10H2. The number of carbonyl (C=O) groups excluding carboxylic acids is 1. The van der Waals surface area contributed by atoms with E-state index in [0.717, 1.165) is 19.3 Å². The summed E-state index contributed by atoms with van der Waals surface area (Å²) >= 11 is 0. The Morgan fingerprint density at radius 3 is 2.88 bits per heavy atom. The van der Waals surface area contributed by atoms with E-state index in [2.05, 4.69) is 12.2 Å². The second-order valence-electron chi connectivity index (χ2n) is 4.27. The average Bonchev–Trinajstić information content (AvgIpc) is 2.38. The van der Waals surface area contributed by atoms with Crippen LogP contribution in [0.2, 0.25) is 0 Å². The zero-order valence-electron chi connectivity index (χ0n) is 9.63. The first kappa shape index (κ1) is 11.7. The molecule has 1 aliphatic carbocycles. The van der Waals surface area contributed by atoms with Crippen molar-refractivity contribution < 1.29 is 14.6 Å². The lowest BCUT2D eigenvalue weighted by atomic mass is 9.95. The predicted octanol–water partition coefficient (Wildman–Crippen LogP) is 2.91. The third-order valence-corrected chi connectivity index (χ3v) is 2.95. The molecule has 90 valence electrons. The van der Waals surface area contributed by atoms with E-state index < -0.39 is 5.97 Å². The number of rotatable bonds is 3. The van der Waals surface area contributed by atoms with Crippen molar-refractivity contribution in [3.8, 4) is 5.75 Å². The Labute approximate surface area is 101 Å². The summed E-state index contributed by atoms with van der Waals surface area (Å²) in [5, 5.41) is 9.51. The summed E-state index contributed by atoms with van der Waals surface area (Å²) in [6.45, 7) is 0.428. The number of hydrogen-bond donors (Lipinski definition) is 1. The summed E-state index contributed by atoms with van der Waals surface area (Å²) in [6, 6.07) is 6.44. The molecule has 1 N–H and O–H groups in total. The van der Waals surface area contributed by atoms with Crippen LogP contribution in [0.4, 0.5) is 0 Å². The Morgan fingerprint density at radius 2 is 2.18 bits per heavy atom. The maximum Gasteiger partial charge on any atom is 0.341 e. The Kier molecular flexibility index (Phi) is 3.81. The number of carbonyl (C=O) groups is 1. The highest BCUT2D eigenvalue weighted by molar-refractivity contribution is 5.92. The van der Waals surface area contributed by atoms with E-state index in [1.54, 1.807) is 18.2 Å². The van der Waals surface area contributed by atoms with Crippen LogP contribution in [-0.2, 0) is 4.74 Å². The van der Waals surface area contributed by atoms with Crippen LogP contribution in [0.3, 0.4) is 0 Å². The monoisotopic (exact) mass is 232 g/mol. The molecule has 0 fully saturated rings. The number of benzene rings is 1. The zero-order valence-corrected chi connectivity index (χ0v) is 9.63. The molecule has 1 atom stereocenters. The van der Waals surface area contributed by atoms with Gasteiger partial charge in [-0.05, 0) is 37.3 Å². The SMILES string of the molecule is O=C(OCC1CC=CCC1)c1ccccc1O. The van der Waals surface area contributed by atoms with Gasteiger partial charge in [0.1, 0.15) is 11.3 Å². The summed E-state index contributed by atoms with van der Waals surface area (Å²) in [6.07, 6.45) is 7.36. The Hall–Kier alpha value is -1.77. The molecule has 1 aromatic carbocycles. The maximum atomic E-state index is 11.7. The van der Waals surface area contributed by atoms with Gasteiger partial charge in [-0.3, -0.25) is 0 Å². The van der Waals surface area contributed by atoms with Crippen molar-refractivity contribution in [1.29, 1.82) is 0 Å². The van der Waals surface area contributed by atoms with Crippen molar-refractivity contribution in [1.82, 2.24) is 0 Å². The second kappa shape index (κ2) is 5.53. The molecule has 0 amide bonds. The molecule has 0 aromatic heterocycles. The molecule has 3 nitrogen and oxygen atoms in total. The first-order chi connectivity index (χ1) is 8.27. The van der Waals surface area contributed by atoms with Crippen LogP contribution in [0.25, 0.3) is 0 Å². The molecule has 17 heavy (non-hydrogen) atoms.